The maximum absolute atomic E-state index is 10.3. The summed E-state index contributed by atoms with van der Waals surface area (Å²) in [6.07, 6.45) is 0. The first-order valence-electron chi connectivity index (χ1n) is 2.52. The number of hydrogen-bond acceptors (Lipinski definition) is 1. The second-order valence-electron chi connectivity index (χ2n) is 1.61. The molecule has 4 heteroatoms. The van der Waals surface area contributed by atoms with Crippen LogP contribution in [-0.2, 0) is 4.57 Å². The Bertz CT molecular complexity index is 220. The minimum Gasteiger partial charge on any atom is -1.00 e. The fraction of sp³-hybridized carbons (Fsp3) is 0. The summed E-state index contributed by atoms with van der Waals surface area (Å²) in [5.74, 6) is 0. The van der Waals surface area contributed by atoms with Crippen molar-refractivity contribution in [2.24, 2.45) is 0 Å². The van der Waals surface area contributed by atoms with Crippen molar-refractivity contribution in [2.75, 3.05) is 0 Å². The zero-order valence-electron chi connectivity index (χ0n) is 7.40. The molecule has 0 saturated carbocycles. The molecule has 1 rings (SSSR count). The van der Waals surface area contributed by atoms with E-state index >= 15 is 0 Å². The van der Waals surface area contributed by atoms with Crippen molar-refractivity contribution in [1.29, 1.82) is 0 Å². The van der Waals surface area contributed by atoms with E-state index in [0.717, 1.165) is 0 Å². The van der Waals surface area contributed by atoms with Gasteiger partial charge in [0, 0.05) is 0 Å². The van der Waals surface area contributed by atoms with E-state index in [1.54, 1.807) is 24.3 Å². The van der Waals surface area contributed by atoms with Gasteiger partial charge in [-0.15, -0.1) is 0 Å². The molecular weight excluding hydrogens is 159 g/mol. The van der Waals surface area contributed by atoms with Crippen LogP contribution in [0.15, 0.2) is 30.3 Å². The average Bonchev–Trinajstić information content (AvgIpc) is 1.90. The zero-order valence-corrected chi connectivity index (χ0v) is 7.71. The van der Waals surface area contributed by atoms with Crippen LogP contribution in [0.2, 0.25) is 0 Å². The molecule has 1 atom stereocenters. The standard InChI is InChI=1S/C6H5O2P.Mg.2H/c7-9(8)6-4-2-1-3-5-6;;;/h1-5H;;;/q;+2;2*-1/p+1. The van der Waals surface area contributed by atoms with Crippen molar-refractivity contribution in [3.05, 3.63) is 30.3 Å². The van der Waals surface area contributed by atoms with Crippen molar-refractivity contribution in [3.8, 4) is 0 Å². The third-order valence-electron chi connectivity index (χ3n) is 0.977. The summed E-state index contributed by atoms with van der Waals surface area (Å²) in [7, 11) is -2.15. The van der Waals surface area contributed by atoms with Crippen LogP contribution in [0, 0.1) is 0 Å². The summed E-state index contributed by atoms with van der Waals surface area (Å²) in [4.78, 5) is 8.53. The molecule has 2 nitrogen and oxygen atoms in total. The normalized spacial score (nSPS) is 9.90. The van der Waals surface area contributed by atoms with Gasteiger partial charge in [-0.1, -0.05) is 18.2 Å². The van der Waals surface area contributed by atoms with Crippen LogP contribution in [0.3, 0.4) is 0 Å². The van der Waals surface area contributed by atoms with E-state index in [-0.39, 0.29) is 25.9 Å². The third kappa shape index (κ3) is 2.75. The molecule has 0 radical (unpaired) electrons. The molecule has 1 aromatic rings. The molecule has 0 aliphatic heterocycles. The van der Waals surface area contributed by atoms with Crippen molar-refractivity contribution in [3.63, 3.8) is 0 Å². The van der Waals surface area contributed by atoms with Gasteiger partial charge in [-0.05, 0) is 16.7 Å². The quantitative estimate of drug-likeness (QED) is 0.498. The van der Waals surface area contributed by atoms with Crippen LogP contribution in [0.25, 0.3) is 0 Å². The first kappa shape index (κ1) is 10.0. The Balaban J connectivity index is -0.000000270. The molecule has 0 aliphatic rings. The van der Waals surface area contributed by atoms with Gasteiger partial charge in [0.05, 0.1) is 0 Å². The maximum atomic E-state index is 10.3. The first-order valence-corrected chi connectivity index (χ1v) is 3.73. The van der Waals surface area contributed by atoms with E-state index in [2.05, 4.69) is 0 Å². The van der Waals surface area contributed by atoms with Gasteiger partial charge in [-0.25, -0.2) is 0 Å². The Kier molecular flexibility index (Phi) is 4.82. The van der Waals surface area contributed by atoms with Gasteiger partial charge in [0.1, 0.15) is 0 Å². The van der Waals surface area contributed by atoms with Gasteiger partial charge in [0.25, 0.3) is 0 Å². The molecule has 0 amide bonds. The zero-order chi connectivity index (χ0) is 6.69. The second-order valence-corrected chi connectivity index (χ2v) is 2.67. The van der Waals surface area contributed by atoms with Crippen molar-refractivity contribution in [2.45, 2.75) is 0 Å². The maximum Gasteiger partial charge on any atom is 2.00 e. The molecule has 0 spiro atoms. The van der Waals surface area contributed by atoms with E-state index in [0.29, 0.717) is 5.30 Å². The van der Waals surface area contributed by atoms with Crippen molar-refractivity contribution >= 4 is 36.4 Å². The Morgan fingerprint density at radius 2 is 1.80 bits per heavy atom. The molecule has 1 N–H and O–H groups in total. The van der Waals surface area contributed by atoms with E-state index in [1.165, 1.54) is 0 Å². The molecule has 50 valence electrons. The molecule has 0 bridgehead atoms. The summed E-state index contributed by atoms with van der Waals surface area (Å²) in [5.41, 5.74) is 0. The molecule has 1 unspecified atom stereocenters. The number of benzene rings is 1. The van der Waals surface area contributed by atoms with Crippen molar-refractivity contribution < 1.29 is 12.3 Å². The van der Waals surface area contributed by atoms with E-state index in [4.69, 9.17) is 4.89 Å². The first-order chi connectivity index (χ1) is 4.30. The van der Waals surface area contributed by atoms with E-state index < -0.39 is 8.03 Å². The van der Waals surface area contributed by atoms with Crippen LogP contribution in [0.1, 0.15) is 2.85 Å². The van der Waals surface area contributed by atoms with Crippen LogP contribution in [-0.4, -0.2) is 27.9 Å². The molecule has 0 aromatic heterocycles. The SMILES string of the molecule is O=[P+](O)c1ccccc1.[H-].[H-].[Mg+2]. The van der Waals surface area contributed by atoms with Crippen LogP contribution >= 0.6 is 8.03 Å². The molecular formula is C6H8MgO2P+. The van der Waals surface area contributed by atoms with Gasteiger partial charge in [-0.3, -0.25) is 0 Å². The van der Waals surface area contributed by atoms with Crippen LogP contribution in [0.5, 0.6) is 0 Å². The molecule has 0 fully saturated rings. The summed E-state index contributed by atoms with van der Waals surface area (Å²) < 4.78 is 10.3. The minimum absolute atomic E-state index is 0. The molecule has 10 heavy (non-hydrogen) atoms. The van der Waals surface area contributed by atoms with Crippen LogP contribution < -0.4 is 5.30 Å². The fourth-order valence-electron chi connectivity index (χ4n) is 0.556. The Morgan fingerprint density at radius 1 is 1.30 bits per heavy atom. The van der Waals surface area contributed by atoms with E-state index in [9.17, 15) is 4.57 Å². The monoisotopic (exact) mass is 167 g/mol. The number of rotatable bonds is 1. The average molecular weight is 167 g/mol. The fourth-order valence-corrected chi connectivity index (χ4v) is 0.983. The van der Waals surface area contributed by atoms with E-state index in [1.807, 2.05) is 6.07 Å². The Morgan fingerprint density at radius 3 is 2.10 bits per heavy atom. The summed E-state index contributed by atoms with van der Waals surface area (Å²) in [6, 6.07) is 8.53. The third-order valence-corrected chi connectivity index (χ3v) is 1.72. The van der Waals surface area contributed by atoms with Gasteiger partial charge in [0.2, 0.25) is 5.30 Å². The smallest absolute Gasteiger partial charge is 1.00 e. The molecule has 1 aromatic carbocycles. The molecule has 0 heterocycles. The Labute approximate surface area is 79.3 Å². The minimum atomic E-state index is -2.15. The number of hydrogen-bond donors (Lipinski definition) is 1. The van der Waals surface area contributed by atoms with Crippen LogP contribution in [0.4, 0.5) is 0 Å². The molecule has 0 aliphatic carbocycles. The van der Waals surface area contributed by atoms with Gasteiger partial charge in [0.15, 0.2) is 0 Å². The van der Waals surface area contributed by atoms with Gasteiger partial charge < -0.3 is 2.85 Å². The molecule has 0 saturated heterocycles. The summed E-state index contributed by atoms with van der Waals surface area (Å²) >= 11 is 0. The second kappa shape index (κ2) is 4.80. The van der Waals surface area contributed by atoms with Crippen molar-refractivity contribution in [1.82, 2.24) is 0 Å². The predicted octanol–water partition coefficient (Wildman–Crippen LogP) is 0.891. The Hall–Kier alpha value is 0.0462. The largest absolute Gasteiger partial charge is 2.00 e. The summed E-state index contributed by atoms with van der Waals surface area (Å²) in [6.45, 7) is 0. The van der Waals surface area contributed by atoms with Gasteiger partial charge in [-0.2, -0.15) is 4.89 Å². The topological polar surface area (TPSA) is 37.3 Å². The summed E-state index contributed by atoms with van der Waals surface area (Å²) in [5, 5.41) is 0.479. The predicted molar refractivity (Wildman–Crippen MR) is 43.9 cm³/mol. The van der Waals surface area contributed by atoms with Gasteiger partial charge >= 0.3 is 31.1 Å².